The molecule has 1 aliphatic heterocycles. The van der Waals surface area contributed by atoms with E-state index in [9.17, 15) is 9.59 Å². The molecule has 0 radical (unpaired) electrons. The monoisotopic (exact) mass is 282 g/mol. The summed E-state index contributed by atoms with van der Waals surface area (Å²) in [7, 11) is 0. The van der Waals surface area contributed by atoms with Crippen molar-refractivity contribution in [3.63, 3.8) is 0 Å². The quantitative estimate of drug-likeness (QED) is 0.806. The van der Waals surface area contributed by atoms with Gasteiger partial charge in [-0.15, -0.1) is 0 Å². The van der Waals surface area contributed by atoms with Crippen molar-refractivity contribution in [2.75, 3.05) is 13.2 Å². The third-order valence-corrected chi connectivity index (χ3v) is 4.49. The minimum atomic E-state index is -0.499. The molecular formula is C15H26N2O3. The first kappa shape index (κ1) is 15.4. The van der Waals surface area contributed by atoms with E-state index in [0.717, 1.165) is 6.42 Å². The molecule has 20 heavy (non-hydrogen) atoms. The van der Waals surface area contributed by atoms with Gasteiger partial charge in [-0.05, 0) is 12.3 Å². The largest absolute Gasteiger partial charge is 0.373 e. The van der Waals surface area contributed by atoms with Crippen molar-refractivity contribution in [2.24, 2.45) is 17.6 Å². The van der Waals surface area contributed by atoms with E-state index >= 15 is 0 Å². The Morgan fingerprint density at radius 3 is 2.75 bits per heavy atom. The van der Waals surface area contributed by atoms with Crippen molar-refractivity contribution in [1.82, 2.24) is 5.32 Å². The Morgan fingerprint density at radius 2 is 2.10 bits per heavy atom. The number of Topliss-reactive ketones (excluding diaryl/α,β-unsaturated/α-hetero) is 1. The summed E-state index contributed by atoms with van der Waals surface area (Å²) in [5.74, 6) is 0.332. The number of nitrogens with two attached hydrogens (primary N) is 1. The second-order valence-electron chi connectivity index (χ2n) is 6.29. The van der Waals surface area contributed by atoms with Crippen molar-refractivity contribution in [2.45, 2.75) is 57.5 Å². The summed E-state index contributed by atoms with van der Waals surface area (Å²) in [6.07, 6.45) is 6.87. The first-order chi connectivity index (χ1) is 9.58. The molecule has 1 saturated carbocycles. The average Bonchev–Trinajstić information content (AvgIpc) is 2.44. The maximum absolute atomic E-state index is 12.1. The number of hydrogen-bond donors (Lipinski definition) is 2. The first-order valence-electron chi connectivity index (χ1n) is 7.74. The molecule has 0 aromatic carbocycles. The fraction of sp³-hybridized carbons (Fsp3) is 0.867. The molecule has 0 aromatic rings. The van der Waals surface area contributed by atoms with Crippen molar-refractivity contribution in [3.05, 3.63) is 0 Å². The van der Waals surface area contributed by atoms with Crippen LogP contribution in [0.25, 0.3) is 0 Å². The molecule has 5 heteroatoms. The minimum Gasteiger partial charge on any atom is -0.373 e. The summed E-state index contributed by atoms with van der Waals surface area (Å²) < 4.78 is 5.16. The molecule has 114 valence electrons. The van der Waals surface area contributed by atoms with Crippen molar-refractivity contribution >= 4 is 11.7 Å². The highest BCUT2D eigenvalue weighted by atomic mass is 16.5. The fourth-order valence-electron chi connectivity index (χ4n) is 3.22. The van der Waals surface area contributed by atoms with Gasteiger partial charge in [0.05, 0.1) is 18.7 Å². The maximum Gasteiger partial charge on any atom is 0.237 e. The van der Waals surface area contributed by atoms with Crippen LogP contribution in [0.15, 0.2) is 0 Å². The van der Waals surface area contributed by atoms with E-state index in [4.69, 9.17) is 10.5 Å². The van der Waals surface area contributed by atoms with Gasteiger partial charge < -0.3 is 15.8 Å². The van der Waals surface area contributed by atoms with Gasteiger partial charge in [0.2, 0.25) is 5.91 Å². The fourth-order valence-corrected chi connectivity index (χ4v) is 3.22. The molecule has 2 fully saturated rings. The number of amides is 1. The topological polar surface area (TPSA) is 81.4 Å². The van der Waals surface area contributed by atoms with Crippen LogP contribution in [0.3, 0.4) is 0 Å². The Labute approximate surface area is 120 Å². The molecule has 0 spiro atoms. The standard InChI is InChI=1S/C15H26N2O3/c1-10-8-20-9-13(18)14(10)17-15(19)12(16)7-11-5-3-2-4-6-11/h10-12,14H,2-9,16H2,1H3,(H,17,19)/t10?,12-,14?/m0/s1. The number of carbonyl (C=O) groups excluding carboxylic acids is 2. The molecule has 2 aliphatic rings. The lowest BCUT2D eigenvalue weighted by Crippen LogP contribution is -2.55. The molecule has 1 saturated heterocycles. The van der Waals surface area contributed by atoms with Crippen LogP contribution in [0.4, 0.5) is 0 Å². The summed E-state index contributed by atoms with van der Waals surface area (Å²) in [6, 6.07) is -0.936. The summed E-state index contributed by atoms with van der Waals surface area (Å²) in [5.41, 5.74) is 6.00. The van der Waals surface area contributed by atoms with Gasteiger partial charge >= 0.3 is 0 Å². The Hall–Kier alpha value is -0.940. The Balaban J connectivity index is 1.81. The van der Waals surface area contributed by atoms with Crippen LogP contribution >= 0.6 is 0 Å². The number of hydrogen-bond acceptors (Lipinski definition) is 4. The van der Waals surface area contributed by atoms with Gasteiger partial charge in [-0.25, -0.2) is 0 Å². The van der Waals surface area contributed by atoms with Crippen LogP contribution in [-0.2, 0) is 14.3 Å². The second kappa shape index (κ2) is 7.18. The SMILES string of the molecule is CC1COCC(=O)C1NC(=O)[C@@H](N)CC1CCCCC1. The molecule has 1 aliphatic carbocycles. The van der Waals surface area contributed by atoms with Crippen molar-refractivity contribution in [3.8, 4) is 0 Å². The van der Waals surface area contributed by atoms with Crippen LogP contribution in [-0.4, -0.2) is 37.0 Å². The maximum atomic E-state index is 12.1. The zero-order chi connectivity index (χ0) is 14.5. The summed E-state index contributed by atoms with van der Waals surface area (Å²) in [4.78, 5) is 23.9. The average molecular weight is 282 g/mol. The molecule has 3 atom stereocenters. The third-order valence-electron chi connectivity index (χ3n) is 4.49. The van der Waals surface area contributed by atoms with Gasteiger partial charge in [0.25, 0.3) is 0 Å². The molecule has 2 rings (SSSR count). The van der Waals surface area contributed by atoms with E-state index in [2.05, 4.69) is 5.32 Å². The third kappa shape index (κ3) is 4.03. The first-order valence-corrected chi connectivity index (χ1v) is 7.74. The number of ketones is 1. The van der Waals surface area contributed by atoms with Gasteiger partial charge in [0.1, 0.15) is 6.61 Å². The summed E-state index contributed by atoms with van der Waals surface area (Å²) >= 11 is 0. The van der Waals surface area contributed by atoms with Crippen LogP contribution in [0.2, 0.25) is 0 Å². The number of nitrogens with one attached hydrogen (secondary N) is 1. The van der Waals surface area contributed by atoms with Gasteiger partial charge in [0, 0.05) is 5.92 Å². The summed E-state index contributed by atoms with van der Waals surface area (Å²) in [5, 5.41) is 2.81. The van der Waals surface area contributed by atoms with Gasteiger partial charge in [0.15, 0.2) is 5.78 Å². The van der Waals surface area contributed by atoms with Gasteiger partial charge in [-0.1, -0.05) is 39.0 Å². The predicted octanol–water partition coefficient (Wildman–Crippen LogP) is 1.00. The van der Waals surface area contributed by atoms with E-state index in [1.807, 2.05) is 6.92 Å². The highest BCUT2D eigenvalue weighted by Gasteiger charge is 2.32. The van der Waals surface area contributed by atoms with E-state index in [0.29, 0.717) is 12.5 Å². The number of carbonyl (C=O) groups is 2. The van der Waals surface area contributed by atoms with Crippen molar-refractivity contribution in [1.29, 1.82) is 0 Å². The van der Waals surface area contributed by atoms with Crippen LogP contribution in [0.5, 0.6) is 0 Å². The zero-order valence-corrected chi connectivity index (χ0v) is 12.3. The molecule has 0 bridgehead atoms. The predicted molar refractivity (Wildman–Crippen MR) is 76.1 cm³/mol. The Bertz CT molecular complexity index is 353. The van der Waals surface area contributed by atoms with E-state index in [1.54, 1.807) is 0 Å². The normalized spacial score (nSPS) is 30.0. The van der Waals surface area contributed by atoms with Crippen LogP contribution < -0.4 is 11.1 Å². The highest BCUT2D eigenvalue weighted by molar-refractivity contribution is 5.92. The molecule has 1 amide bonds. The van der Waals surface area contributed by atoms with Crippen molar-refractivity contribution < 1.29 is 14.3 Å². The molecule has 2 unspecified atom stereocenters. The zero-order valence-electron chi connectivity index (χ0n) is 12.3. The number of ether oxygens (including phenoxy) is 1. The second-order valence-corrected chi connectivity index (χ2v) is 6.29. The Morgan fingerprint density at radius 1 is 1.40 bits per heavy atom. The molecular weight excluding hydrogens is 256 g/mol. The Kier molecular flexibility index (Phi) is 5.54. The molecule has 0 aromatic heterocycles. The smallest absolute Gasteiger partial charge is 0.237 e. The van der Waals surface area contributed by atoms with Crippen LogP contribution in [0.1, 0.15) is 45.4 Å². The molecule has 5 nitrogen and oxygen atoms in total. The van der Waals surface area contributed by atoms with E-state index in [1.165, 1.54) is 32.1 Å². The minimum absolute atomic E-state index is 0.0158. The molecule has 3 N–H and O–H groups in total. The van der Waals surface area contributed by atoms with E-state index < -0.39 is 12.1 Å². The molecule has 1 heterocycles. The lowest BCUT2D eigenvalue weighted by Gasteiger charge is -2.30. The van der Waals surface area contributed by atoms with E-state index in [-0.39, 0.29) is 24.2 Å². The lowest BCUT2D eigenvalue weighted by molar-refractivity contribution is -0.137. The van der Waals surface area contributed by atoms with Crippen LogP contribution in [0, 0.1) is 11.8 Å². The highest BCUT2D eigenvalue weighted by Crippen LogP contribution is 2.27. The van der Waals surface area contributed by atoms with Gasteiger partial charge in [-0.3, -0.25) is 9.59 Å². The number of rotatable bonds is 4. The summed E-state index contributed by atoms with van der Waals surface area (Å²) in [6.45, 7) is 2.51. The lowest BCUT2D eigenvalue weighted by atomic mass is 9.84. The van der Waals surface area contributed by atoms with Gasteiger partial charge in [-0.2, -0.15) is 0 Å².